The van der Waals surface area contributed by atoms with E-state index in [1.807, 2.05) is 26.0 Å². The summed E-state index contributed by atoms with van der Waals surface area (Å²) in [5.41, 5.74) is 1.86. The predicted molar refractivity (Wildman–Crippen MR) is 75.1 cm³/mol. The molecule has 0 saturated heterocycles. The quantitative estimate of drug-likeness (QED) is 0.810. The summed E-state index contributed by atoms with van der Waals surface area (Å²) in [6.45, 7) is 2.86. The van der Waals surface area contributed by atoms with Gasteiger partial charge in [-0.15, -0.1) is 0 Å². The first-order chi connectivity index (χ1) is 9.95. The van der Waals surface area contributed by atoms with Crippen molar-refractivity contribution in [1.82, 2.24) is 5.32 Å². The second kappa shape index (κ2) is 6.58. The monoisotopic (exact) mass is 301 g/mol. The Labute approximate surface area is 123 Å². The molecule has 4 nitrogen and oxygen atoms in total. The molecular weight excluding hydrogens is 280 g/mol. The van der Waals surface area contributed by atoms with Crippen LogP contribution < -0.4 is 14.8 Å². The van der Waals surface area contributed by atoms with Gasteiger partial charge < -0.3 is 19.9 Å². The molecule has 1 atom stereocenters. The zero-order chi connectivity index (χ0) is 15.5. The summed E-state index contributed by atoms with van der Waals surface area (Å²) < 4.78 is 37.3. The van der Waals surface area contributed by atoms with Crippen molar-refractivity contribution in [3.05, 3.63) is 23.3 Å². The van der Waals surface area contributed by atoms with Gasteiger partial charge in [-0.05, 0) is 26.0 Å². The summed E-state index contributed by atoms with van der Waals surface area (Å²) in [4.78, 5) is 0. The third kappa shape index (κ3) is 4.04. The Morgan fingerprint density at radius 2 is 2.24 bits per heavy atom. The standard InChI is InChI=1S/C15H21F2NO3/c1-3-20-13-5-11-4-10(2)21-14(11)6-12(13)7-18-8-15(16,17)9-19/h5-6,10,18-19H,3-4,7-9H2,1-2H3. The third-order valence-electron chi connectivity index (χ3n) is 3.31. The largest absolute Gasteiger partial charge is 0.494 e. The van der Waals surface area contributed by atoms with Crippen LogP contribution in [0.1, 0.15) is 25.0 Å². The van der Waals surface area contributed by atoms with Gasteiger partial charge in [-0.25, -0.2) is 8.78 Å². The zero-order valence-corrected chi connectivity index (χ0v) is 12.3. The highest BCUT2D eigenvalue weighted by molar-refractivity contribution is 5.48. The van der Waals surface area contributed by atoms with Crippen LogP contribution >= 0.6 is 0 Å². The molecule has 6 heteroatoms. The Bertz CT molecular complexity index is 494. The molecular formula is C15H21F2NO3. The lowest BCUT2D eigenvalue weighted by Crippen LogP contribution is -2.35. The number of halogens is 2. The average Bonchev–Trinajstić information content (AvgIpc) is 2.78. The Morgan fingerprint density at radius 1 is 1.48 bits per heavy atom. The van der Waals surface area contributed by atoms with Crippen LogP contribution in [0.4, 0.5) is 8.78 Å². The van der Waals surface area contributed by atoms with Gasteiger partial charge in [0.05, 0.1) is 13.2 Å². The lowest BCUT2D eigenvalue weighted by Gasteiger charge is -2.16. The number of aliphatic hydroxyl groups is 1. The molecule has 2 N–H and O–H groups in total. The Balaban J connectivity index is 2.09. The number of fused-ring (bicyclic) bond motifs is 1. The van der Waals surface area contributed by atoms with Gasteiger partial charge in [0.1, 0.15) is 24.2 Å². The molecule has 1 aliphatic heterocycles. The Hall–Kier alpha value is -1.40. The molecule has 21 heavy (non-hydrogen) atoms. The summed E-state index contributed by atoms with van der Waals surface area (Å²) in [6, 6.07) is 3.76. The molecule has 0 bridgehead atoms. The van der Waals surface area contributed by atoms with Gasteiger partial charge in [-0.2, -0.15) is 0 Å². The van der Waals surface area contributed by atoms with Gasteiger partial charge in [0.15, 0.2) is 0 Å². The van der Waals surface area contributed by atoms with Crippen molar-refractivity contribution in [3.8, 4) is 11.5 Å². The molecule has 1 unspecified atom stereocenters. The van der Waals surface area contributed by atoms with E-state index in [1.165, 1.54) is 0 Å². The Kier molecular flexibility index (Phi) is 5.00. The van der Waals surface area contributed by atoms with Gasteiger partial charge in [-0.1, -0.05) is 0 Å². The first-order valence-electron chi connectivity index (χ1n) is 7.10. The van der Waals surface area contributed by atoms with Crippen LogP contribution in [0.25, 0.3) is 0 Å². The van der Waals surface area contributed by atoms with Crippen molar-refractivity contribution in [2.45, 2.75) is 38.8 Å². The summed E-state index contributed by atoms with van der Waals surface area (Å²) in [6.07, 6.45) is 0.947. The molecule has 0 aliphatic carbocycles. The summed E-state index contributed by atoms with van der Waals surface area (Å²) in [5.74, 6) is -1.64. The van der Waals surface area contributed by atoms with Crippen LogP contribution in [0.2, 0.25) is 0 Å². The molecule has 118 valence electrons. The predicted octanol–water partition coefficient (Wildman–Crippen LogP) is 2.13. The van der Waals surface area contributed by atoms with E-state index in [2.05, 4.69) is 5.32 Å². The minimum absolute atomic E-state index is 0.122. The SMILES string of the molecule is CCOc1cc2c(cc1CNCC(F)(F)CO)OC(C)C2. The first-order valence-corrected chi connectivity index (χ1v) is 7.10. The summed E-state index contributed by atoms with van der Waals surface area (Å²) in [7, 11) is 0. The molecule has 0 radical (unpaired) electrons. The van der Waals surface area contributed by atoms with E-state index in [0.29, 0.717) is 12.4 Å². The fourth-order valence-corrected chi connectivity index (χ4v) is 2.35. The van der Waals surface area contributed by atoms with E-state index in [-0.39, 0.29) is 12.6 Å². The third-order valence-corrected chi connectivity index (χ3v) is 3.31. The molecule has 0 aromatic heterocycles. The van der Waals surface area contributed by atoms with Gasteiger partial charge in [0, 0.05) is 24.1 Å². The molecule has 1 aromatic rings. The highest BCUT2D eigenvalue weighted by atomic mass is 19.3. The minimum atomic E-state index is -3.12. The van der Waals surface area contributed by atoms with E-state index in [9.17, 15) is 8.78 Å². The second-order valence-electron chi connectivity index (χ2n) is 5.25. The van der Waals surface area contributed by atoms with Gasteiger partial charge in [0.2, 0.25) is 0 Å². The van der Waals surface area contributed by atoms with Crippen molar-refractivity contribution < 1.29 is 23.4 Å². The fourth-order valence-electron chi connectivity index (χ4n) is 2.35. The van der Waals surface area contributed by atoms with Crippen LogP contribution in [0, 0.1) is 0 Å². The number of rotatable bonds is 7. The normalized spacial score (nSPS) is 17.5. The van der Waals surface area contributed by atoms with Gasteiger partial charge in [0.25, 0.3) is 5.92 Å². The second-order valence-corrected chi connectivity index (χ2v) is 5.25. The van der Waals surface area contributed by atoms with Crippen LogP contribution in [0.3, 0.4) is 0 Å². The molecule has 0 spiro atoms. The zero-order valence-electron chi connectivity index (χ0n) is 12.3. The lowest BCUT2D eigenvalue weighted by molar-refractivity contribution is -0.0478. The molecule has 1 heterocycles. The number of ether oxygens (including phenoxy) is 2. The maximum absolute atomic E-state index is 13.0. The van der Waals surface area contributed by atoms with Gasteiger partial charge in [-0.3, -0.25) is 0 Å². The van der Waals surface area contributed by atoms with E-state index < -0.39 is 19.1 Å². The Morgan fingerprint density at radius 3 is 2.90 bits per heavy atom. The van der Waals surface area contributed by atoms with Crippen molar-refractivity contribution in [2.75, 3.05) is 19.8 Å². The van der Waals surface area contributed by atoms with Crippen LogP contribution in [-0.2, 0) is 13.0 Å². The maximum Gasteiger partial charge on any atom is 0.282 e. The number of hydrogen-bond acceptors (Lipinski definition) is 4. The van der Waals surface area contributed by atoms with Crippen molar-refractivity contribution in [1.29, 1.82) is 0 Å². The van der Waals surface area contributed by atoms with E-state index in [1.54, 1.807) is 0 Å². The number of aliphatic hydroxyl groups excluding tert-OH is 1. The molecule has 0 fully saturated rings. The number of nitrogens with one attached hydrogen (secondary N) is 1. The van der Waals surface area contributed by atoms with E-state index >= 15 is 0 Å². The molecule has 0 saturated carbocycles. The van der Waals surface area contributed by atoms with E-state index in [4.69, 9.17) is 14.6 Å². The molecule has 1 aliphatic rings. The molecule has 1 aromatic carbocycles. The maximum atomic E-state index is 13.0. The van der Waals surface area contributed by atoms with Crippen LogP contribution in [-0.4, -0.2) is 36.9 Å². The highest BCUT2D eigenvalue weighted by Crippen LogP contribution is 2.35. The average molecular weight is 301 g/mol. The number of hydrogen-bond donors (Lipinski definition) is 2. The van der Waals surface area contributed by atoms with Crippen molar-refractivity contribution >= 4 is 0 Å². The van der Waals surface area contributed by atoms with Crippen LogP contribution in [0.5, 0.6) is 11.5 Å². The van der Waals surface area contributed by atoms with Crippen LogP contribution in [0.15, 0.2) is 12.1 Å². The first kappa shape index (κ1) is 16.0. The lowest BCUT2D eigenvalue weighted by atomic mass is 10.1. The van der Waals surface area contributed by atoms with Crippen molar-refractivity contribution in [2.24, 2.45) is 0 Å². The number of alkyl halides is 2. The van der Waals surface area contributed by atoms with Gasteiger partial charge >= 0.3 is 0 Å². The topological polar surface area (TPSA) is 50.7 Å². The highest BCUT2D eigenvalue weighted by Gasteiger charge is 2.27. The summed E-state index contributed by atoms with van der Waals surface area (Å²) >= 11 is 0. The van der Waals surface area contributed by atoms with E-state index in [0.717, 1.165) is 23.3 Å². The summed E-state index contributed by atoms with van der Waals surface area (Å²) in [5, 5.41) is 11.2. The van der Waals surface area contributed by atoms with Crippen molar-refractivity contribution in [3.63, 3.8) is 0 Å². The molecule has 0 amide bonds. The fraction of sp³-hybridized carbons (Fsp3) is 0.600. The minimum Gasteiger partial charge on any atom is -0.494 e. The number of benzene rings is 1. The smallest absolute Gasteiger partial charge is 0.282 e. The molecule has 2 rings (SSSR count).